The van der Waals surface area contributed by atoms with E-state index in [0.717, 1.165) is 42.3 Å². The van der Waals surface area contributed by atoms with Gasteiger partial charge in [-0.15, -0.1) is 0 Å². The Bertz CT molecular complexity index is 1070. The van der Waals surface area contributed by atoms with Gasteiger partial charge in [-0.25, -0.2) is 4.98 Å². The number of hydrogen-bond acceptors (Lipinski definition) is 5. The molecule has 2 fully saturated rings. The molecule has 186 valence electrons. The van der Waals surface area contributed by atoms with Crippen molar-refractivity contribution >= 4 is 22.8 Å². The molecule has 4 rings (SSSR count). The molecule has 1 amide bonds. The average molecular weight is 469 g/mol. The number of carbonyl (C=O) groups excluding carboxylic acids is 2. The van der Waals surface area contributed by atoms with E-state index >= 15 is 0 Å². The lowest BCUT2D eigenvalue weighted by atomic mass is 9.76. The molecule has 4 atom stereocenters. The molecule has 6 heteroatoms. The minimum atomic E-state index is -0.479. The predicted molar refractivity (Wildman–Crippen MR) is 133 cm³/mol. The van der Waals surface area contributed by atoms with Crippen LogP contribution in [0.2, 0.25) is 0 Å². The summed E-state index contributed by atoms with van der Waals surface area (Å²) in [6.45, 7) is 12.9. The van der Waals surface area contributed by atoms with E-state index in [-0.39, 0.29) is 28.8 Å². The Hall–Kier alpha value is -2.21. The number of ketones is 1. The van der Waals surface area contributed by atoms with Gasteiger partial charge >= 0.3 is 0 Å². The molecule has 2 aliphatic rings. The molecule has 2 aliphatic heterocycles. The second-order valence-electron chi connectivity index (χ2n) is 11.6. The molecule has 0 radical (unpaired) electrons. The van der Waals surface area contributed by atoms with E-state index in [1.807, 2.05) is 26.8 Å². The van der Waals surface area contributed by atoms with Crippen LogP contribution in [0.4, 0.5) is 0 Å². The van der Waals surface area contributed by atoms with Crippen LogP contribution in [-0.2, 0) is 14.3 Å². The van der Waals surface area contributed by atoms with Crippen molar-refractivity contribution in [2.45, 2.75) is 104 Å². The number of nitrogens with zero attached hydrogens (tertiary/aromatic N) is 1. The highest BCUT2D eigenvalue weighted by molar-refractivity contribution is 5.85. The zero-order chi connectivity index (χ0) is 24.7. The van der Waals surface area contributed by atoms with Gasteiger partial charge in [-0.1, -0.05) is 39.7 Å². The lowest BCUT2D eigenvalue weighted by Gasteiger charge is -2.27. The lowest BCUT2D eigenvalue weighted by Crippen LogP contribution is -2.38. The molecule has 0 bridgehead atoms. The maximum Gasteiger partial charge on any atom is 0.220 e. The zero-order valence-corrected chi connectivity index (χ0v) is 21.6. The smallest absolute Gasteiger partial charge is 0.220 e. The number of amides is 1. The van der Waals surface area contributed by atoms with Crippen molar-refractivity contribution in [1.82, 2.24) is 10.3 Å². The Labute approximate surface area is 203 Å². The number of Topliss-reactive ketones (excluding diaryl/α,β-unsaturated/α-hetero) is 1. The Morgan fingerprint density at radius 2 is 1.82 bits per heavy atom. The molecular weight excluding hydrogens is 428 g/mol. The van der Waals surface area contributed by atoms with Crippen molar-refractivity contribution in [3.05, 3.63) is 29.7 Å². The van der Waals surface area contributed by atoms with Gasteiger partial charge in [-0.2, -0.15) is 0 Å². The molecule has 1 aromatic heterocycles. The van der Waals surface area contributed by atoms with E-state index in [4.69, 9.17) is 9.15 Å². The topological polar surface area (TPSA) is 84.7 Å². The molecule has 2 saturated heterocycles. The number of nitrogens with one attached hydrogen (secondary N) is 1. The van der Waals surface area contributed by atoms with Gasteiger partial charge in [0.05, 0.1) is 5.60 Å². The minimum Gasteiger partial charge on any atom is -0.441 e. The maximum absolute atomic E-state index is 12.8. The van der Waals surface area contributed by atoms with Gasteiger partial charge < -0.3 is 14.5 Å². The molecule has 4 unspecified atom stereocenters. The molecular formula is C28H40N2O4. The van der Waals surface area contributed by atoms with Crippen molar-refractivity contribution in [3.8, 4) is 0 Å². The third-order valence-corrected chi connectivity index (χ3v) is 8.48. The van der Waals surface area contributed by atoms with Crippen molar-refractivity contribution < 1.29 is 18.7 Å². The fraction of sp³-hybridized carbons (Fsp3) is 0.679. The van der Waals surface area contributed by atoms with Crippen molar-refractivity contribution in [3.63, 3.8) is 0 Å². The Balaban J connectivity index is 1.60. The number of hydrogen-bond donors (Lipinski definition) is 1. The SMILES string of the molecule is Cc1nc2cc(C3CNC(=O)CCC(C)(C)C(=O)CCC(C)CCCC4(C)OC34C)ccc2o1. The highest BCUT2D eigenvalue weighted by Gasteiger charge is 2.66. The molecule has 34 heavy (non-hydrogen) atoms. The summed E-state index contributed by atoms with van der Waals surface area (Å²) >= 11 is 0. The van der Waals surface area contributed by atoms with Crippen LogP contribution in [0.1, 0.15) is 96.9 Å². The van der Waals surface area contributed by atoms with Gasteiger partial charge in [-0.3, -0.25) is 9.59 Å². The van der Waals surface area contributed by atoms with Crippen LogP contribution >= 0.6 is 0 Å². The monoisotopic (exact) mass is 468 g/mol. The van der Waals surface area contributed by atoms with Gasteiger partial charge in [0.15, 0.2) is 11.5 Å². The summed E-state index contributed by atoms with van der Waals surface area (Å²) in [6.07, 6.45) is 5.52. The summed E-state index contributed by atoms with van der Waals surface area (Å²) < 4.78 is 12.1. The fourth-order valence-corrected chi connectivity index (χ4v) is 5.61. The Kier molecular flexibility index (Phi) is 6.67. The maximum atomic E-state index is 12.8. The summed E-state index contributed by atoms with van der Waals surface area (Å²) in [5, 5.41) is 3.15. The summed E-state index contributed by atoms with van der Waals surface area (Å²) in [4.78, 5) is 30.2. The van der Waals surface area contributed by atoms with Gasteiger partial charge in [0.25, 0.3) is 0 Å². The first kappa shape index (κ1) is 24.9. The third kappa shape index (κ3) is 4.93. The lowest BCUT2D eigenvalue weighted by molar-refractivity contribution is -0.128. The standard InChI is InChI=1S/C28H40N2O4/c1-18-8-7-14-27(5)28(6,34-27)21(20-10-11-23-22(16-20)30-19(2)33-23)17-29-25(32)13-15-26(3,4)24(31)12-9-18/h10-11,16,18,21H,7-9,12-15,17H2,1-6H3,(H,29,32). The van der Waals surface area contributed by atoms with Gasteiger partial charge in [0.1, 0.15) is 16.9 Å². The largest absolute Gasteiger partial charge is 0.441 e. The molecule has 0 aliphatic carbocycles. The van der Waals surface area contributed by atoms with Gasteiger partial charge in [0.2, 0.25) is 5.91 Å². The van der Waals surface area contributed by atoms with Crippen molar-refractivity contribution in [1.29, 1.82) is 0 Å². The fourth-order valence-electron chi connectivity index (χ4n) is 5.61. The quantitative estimate of drug-likeness (QED) is 0.530. The third-order valence-electron chi connectivity index (χ3n) is 8.48. The molecule has 3 heterocycles. The van der Waals surface area contributed by atoms with E-state index in [9.17, 15) is 9.59 Å². The zero-order valence-electron chi connectivity index (χ0n) is 21.6. The van der Waals surface area contributed by atoms with Crippen LogP contribution in [0.25, 0.3) is 11.1 Å². The second-order valence-corrected chi connectivity index (χ2v) is 11.6. The summed E-state index contributed by atoms with van der Waals surface area (Å²) in [5.41, 5.74) is 1.59. The van der Waals surface area contributed by atoms with E-state index in [0.29, 0.717) is 37.6 Å². The Morgan fingerprint density at radius 3 is 2.59 bits per heavy atom. The number of aryl methyl sites for hydroxylation is 1. The summed E-state index contributed by atoms with van der Waals surface area (Å²) in [7, 11) is 0. The molecule has 2 aromatic rings. The van der Waals surface area contributed by atoms with E-state index < -0.39 is 5.41 Å². The molecule has 1 aromatic carbocycles. The van der Waals surface area contributed by atoms with Crippen molar-refractivity contribution in [2.75, 3.05) is 6.54 Å². The van der Waals surface area contributed by atoms with Gasteiger partial charge in [0, 0.05) is 37.6 Å². The predicted octanol–water partition coefficient (Wildman–Crippen LogP) is 5.86. The number of carbonyl (C=O) groups is 2. The van der Waals surface area contributed by atoms with Crippen LogP contribution in [-0.4, -0.2) is 34.4 Å². The van der Waals surface area contributed by atoms with E-state index in [2.05, 4.69) is 43.2 Å². The van der Waals surface area contributed by atoms with Crippen LogP contribution in [0.3, 0.4) is 0 Å². The van der Waals surface area contributed by atoms with E-state index in [1.165, 1.54) is 0 Å². The van der Waals surface area contributed by atoms with Crippen LogP contribution in [0, 0.1) is 18.3 Å². The first-order valence-electron chi connectivity index (χ1n) is 12.8. The first-order chi connectivity index (χ1) is 15.9. The molecule has 1 N–H and O–H groups in total. The Morgan fingerprint density at radius 1 is 1.06 bits per heavy atom. The second kappa shape index (κ2) is 9.10. The number of ether oxygens (including phenoxy) is 1. The van der Waals surface area contributed by atoms with E-state index in [1.54, 1.807) is 0 Å². The highest BCUT2D eigenvalue weighted by Crippen LogP contribution is 2.58. The summed E-state index contributed by atoms with van der Waals surface area (Å²) in [6, 6.07) is 6.10. The van der Waals surface area contributed by atoms with Crippen LogP contribution in [0.15, 0.2) is 22.6 Å². The number of benzene rings is 1. The summed E-state index contributed by atoms with van der Waals surface area (Å²) in [5.74, 6) is 1.37. The molecule has 0 saturated carbocycles. The van der Waals surface area contributed by atoms with Gasteiger partial charge in [-0.05, 0) is 56.7 Å². The highest BCUT2D eigenvalue weighted by atomic mass is 16.6. The number of aromatic nitrogens is 1. The number of rotatable bonds is 1. The number of epoxide rings is 1. The molecule has 0 spiro atoms. The normalized spacial score (nSPS) is 33.4. The number of fused-ring (bicyclic) bond motifs is 2. The number of oxazole rings is 1. The minimum absolute atomic E-state index is 0.0113. The molecule has 6 nitrogen and oxygen atoms in total. The van der Waals surface area contributed by atoms with Crippen molar-refractivity contribution in [2.24, 2.45) is 11.3 Å². The van der Waals surface area contributed by atoms with Crippen LogP contribution in [0.5, 0.6) is 0 Å². The first-order valence-corrected chi connectivity index (χ1v) is 12.8. The average Bonchev–Trinajstić information content (AvgIpc) is 3.11. The van der Waals surface area contributed by atoms with Crippen LogP contribution < -0.4 is 5.32 Å².